The summed E-state index contributed by atoms with van der Waals surface area (Å²) in [7, 11) is 0. The molecule has 0 bridgehead atoms. The Morgan fingerprint density at radius 1 is 0.308 bits per heavy atom. The minimum atomic E-state index is 0.444. The summed E-state index contributed by atoms with van der Waals surface area (Å²) in [4.78, 5) is 25.4. The van der Waals surface area contributed by atoms with Gasteiger partial charge in [-0.2, -0.15) is 5.26 Å². The second-order valence-electron chi connectivity index (χ2n) is 22.9. The van der Waals surface area contributed by atoms with Gasteiger partial charge in [0.05, 0.1) is 97.2 Å². The van der Waals surface area contributed by atoms with Gasteiger partial charge in [0.2, 0.25) is 0 Å². The topological polar surface area (TPSA) is 89.6 Å². The largest absolute Gasteiger partial charge is 0.308 e. The summed E-state index contributed by atoms with van der Waals surface area (Å²) < 4.78 is 4.68. The van der Waals surface area contributed by atoms with Crippen LogP contribution in [-0.2, 0) is 0 Å². The van der Waals surface area contributed by atoms with E-state index in [-0.39, 0.29) is 0 Å². The first kappa shape index (κ1) is 53.8. The molecule has 0 radical (unpaired) electrons. The first-order valence-corrected chi connectivity index (χ1v) is 30.3. The maximum Gasteiger partial charge on any atom is 0.197 e. The Kier molecular flexibility index (Phi) is 13.4. The third-order valence-electron chi connectivity index (χ3n) is 17.2. The van der Waals surface area contributed by atoms with Crippen LogP contribution in [0.4, 0.5) is 5.69 Å². The van der Waals surface area contributed by atoms with E-state index in [2.05, 4.69) is 226 Å². The zero-order chi connectivity index (χ0) is 60.9. The first-order valence-electron chi connectivity index (χ1n) is 30.3. The first-order chi connectivity index (χ1) is 44.9. The number of rotatable bonds is 11. The van der Waals surface area contributed by atoms with Crippen LogP contribution in [0, 0.1) is 24.8 Å². The minimum Gasteiger partial charge on any atom is -0.308 e. The summed E-state index contributed by atoms with van der Waals surface area (Å²) in [5.41, 5.74) is 23.7. The van der Waals surface area contributed by atoms with Crippen LogP contribution in [0.25, 0.3) is 161 Å². The van der Waals surface area contributed by atoms with E-state index in [9.17, 15) is 5.26 Å². The van der Waals surface area contributed by atoms with Crippen LogP contribution in [0.3, 0.4) is 0 Å². The van der Waals surface area contributed by atoms with Crippen molar-refractivity contribution in [2.75, 3.05) is 0 Å². The van der Waals surface area contributed by atoms with E-state index in [0.29, 0.717) is 16.8 Å². The van der Waals surface area contributed by atoms with Gasteiger partial charge in [-0.05, 0) is 145 Å². The molecule has 0 fully saturated rings. The lowest BCUT2D eigenvalue weighted by atomic mass is 9.97. The predicted octanol–water partition coefficient (Wildman–Crippen LogP) is 21.2. The number of nitrogens with zero attached hydrogens (tertiary/aromatic N) is 8. The molecule has 6 heterocycles. The maximum atomic E-state index is 10.4. The van der Waals surface area contributed by atoms with Crippen LogP contribution in [0.2, 0.25) is 0 Å². The van der Waals surface area contributed by atoms with Crippen molar-refractivity contribution in [1.82, 2.24) is 29.1 Å². The normalized spacial score (nSPS) is 11.3. The van der Waals surface area contributed by atoms with Crippen molar-refractivity contribution in [2.24, 2.45) is 0 Å². The molecule has 0 saturated heterocycles. The number of fused-ring (bicyclic) bond motifs is 6. The molecule has 0 unspecified atom stereocenters. The van der Waals surface area contributed by atoms with Gasteiger partial charge in [-0.3, -0.25) is 0 Å². The Hall–Kier alpha value is -12.6. The van der Waals surface area contributed by atoms with Crippen LogP contribution < -0.4 is 0 Å². The van der Waals surface area contributed by atoms with Gasteiger partial charge in [-0.15, -0.1) is 0 Å². The zero-order valence-electron chi connectivity index (χ0n) is 49.4. The summed E-state index contributed by atoms with van der Waals surface area (Å²) in [5.74, 6) is 0. The van der Waals surface area contributed by atoms with E-state index in [1.165, 1.54) is 0 Å². The molecule has 0 aliphatic rings. The van der Waals surface area contributed by atoms with Gasteiger partial charge in [-0.25, -0.2) is 24.8 Å². The van der Waals surface area contributed by atoms with Crippen molar-refractivity contribution in [3.05, 3.63) is 320 Å². The van der Waals surface area contributed by atoms with E-state index in [0.717, 1.165) is 156 Å². The molecule has 0 aliphatic carbocycles. The van der Waals surface area contributed by atoms with E-state index < -0.39 is 0 Å². The molecule has 0 atom stereocenters. The molecule has 0 N–H and O–H groups in total. The van der Waals surface area contributed by atoms with Gasteiger partial charge >= 0.3 is 0 Å². The average molecular weight is 1160 g/mol. The highest BCUT2D eigenvalue weighted by molar-refractivity contribution is 6.14. The number of pyridine rings is 4. The van der Waals surface area contributed by atoms with E-state index in [1.54, 1.807) is 0 Å². The van der Waals surface area contributed by atoms with E-state index >= 15 is 0 Å². The van der Waals surface area contributed by atoms with Crippen LogP contribution in [0.5, 0.6) is 0 Å². The van der Waals surface area contributed by atoms with Gasteiger partial charge in [0, 0.05) is 66.1 Å². The van der Waals surface area contributed by atoms with Crippen molar-refractivity contribution < 1.29 is 0 Å². The van der Waals surface area contributed by atoms with Gasteiger partial charge in [0.1, 0.15) is 0 Å². The van der Waals surface area contributed by atoms with Gasteiger partial charge in [0.25, 0.3) is 0 Å². The summed E-state index contributed by atoms with van der Waals surface area (Å²) in [6, 6.07) is 105. The molecule has 16 aromatic rings. The molecule has 8 heteroatoms. The SMILES string of the molecule is [C-]#[N+]c1cc(-n2c3ccc(-c4cccc(-c5ccccc5)n4)cc3c3cc(-c4cccc(-c5ccccc5)n4)ccc32)c(-n2c3ccc(-c4cccc(-c5ccccc5)n4)cc3c3cc(-c4cccc(-c5ccccc5)n4)ccc32)cc1-c1cc(C)cc(C#N)c1. The second-order valence-corrected chi connectivity index (χ2v) is 22.9. The van der Waals surface area contributed by atoms with Gasteiger partial charge < -0.3 is 9.13 Å². The van der Waals surface area contributed by atoms with Crippen molar-refractivity contribution in [3.63, 3.8) is 0 Å². The predicted molar refractivity (Wildman–Crippen MR) is 371 cm³/mol. The summed E-state index contributed by atoms with van der Waals surface area (Å²) in [5, 5.41) is 14.4. The fourth-order valence-corrected chi connectivity index (χ4v) is 12.9. The Morgan fingerprint density at radius 2 is 0.615 bits per heavy atom. The molecule has 0 aliphatic heterocycles. The lowest BCUT2D eigenvalue weighted by Gasteiger charge is -2.20. The Labute approximate surface area is 526 Å². The summed E-state index contributed by atoms with van der Waals surface area (Å²) in [6.45, 7) is 11.0. The molecule has 0 saturated carbocycles. The highest BCUT2D eigenvalue weighted by Crippen LogP contribution is 2.46. The number of hydrogen-bond acceptors (Lipinski definition) is 5. The Balaban J connectivity index is 0.977. The molecule has 91 heavy (non-hydrogen) atoms. The smallest absolute Gasteiger partial charge is 0.197 e. The lowest BCUT2D eigenvalue weighted by Crippen LogP contribution is -2.04. The standard InChI is InChI=1S/C83H52N8/c1-53-43-54(52-84)45-63(44-53)64-50-82(90-78-39-35-59(73-31-15-27-69(86-73)55-19-7-3-8-20-55)46-65(78)66-47-60(36-40-79(66)90)74-32-16-28-70(87-74)56-21-9-4-10-22-56)83(51-77(64)85-2)91-80-41-37-61(75-33-17-29-71(88-75)57-23-11-5-12-24-57)48-67(80)68-49-62(38-42-81(68)91)76-34-18-30-72(89-76)58-25-13-6-14-26-58/h3-51H,1H3. The van der Waals surface area contributed by atoms with Crippen LogP contribution in [0.15, 0.2) is 297 Å². The third kappa shape index (κ3) is 9.84. The number of hydrogen-bond donors (Lipinski definition) is 0. The molecule has 424 valence electrons. The Bertz CT molecular complexity index is 5340. The molecule has 0 amide bonds. The number of benzene rings is 10. The lowest BCUT2D eigenvalue weighted by molar-refractivity contribution is 1.10. The molecule has 10 aromatic carbocycles. The summed E-state index contributed by atoms with van der Waals surface area (Å²) in [6.07, 6.45) is 0. The van der Waals surface area contributed by atoms with E-state index in [4.69, 9.17) is 26.5 Å². The quantitative estimate of drug-likeness (QED) is 0.120. The van der Waals surface area contributed by atoms with Crippen molar-refractivity contribution in [3.8, 4) is 119 Å². The molecular weight excluding hydrogens is 1110 g/mol. The maximum absolute atomic E-state index is 10.4. The highest BCUT2D eigenvalue weighted by atomic mass is 15.1. The monoisotopic (exact) mass is 1160 g/mol. The highest BCUT2D eigenvalue weighted by Gasteiger charge is 2.25. The van der Waals surface area contributed by atoms with Crippen molar-refractivity contribution in [1.29, 1.82) is 5.26 Å². The third-order valence-corrected chi connectivity index (χ3v) is 17.2. The molecular formula is C83H52N8. The fraction of sp³-hybridized carbons (Fsp3) is 0.0120. The number of aryl methyl sites for hydroxylation is 1. The minimum absolute atomic E-state index is 0.444. The summed E-state index contributed by atoms with van der Waals surface area (Å²) >= 11 is 0. The molecule has 6 aromatic heterocycles. The van der Waals surface area contributed by atoms with Crippen LogP contribution in [-0.4, -0.2) is 29.1 Å². The average Bonchev–Trinajstić information content (AvgIpc) is 1.66. The molecule has 0 spiro atoms. The fourth-order valence-electron chi connectivity index (χ4n) is 12.9. The number of nitriles is 1. The second kappa shape index (κ2) is 22.6. The van der Waals surface area contributed by atoms with Crippen molar-refractivity contribution in [2.45, 2.75) is 6.92 Å². The Morgan fingerprint density at radius 3 is 0.923 bits per heavy atom. The van der Waals surface area contributed by atoms with Crippen LogP contribution >= 0.6 is 0 Å². The number of aromatic nitrogens is 6. The zero-order valence-corrected chi connectivity index (χ0v) is 49.4. The van der Waals surface area contributed by atoms with Gasteiger partial charge in [0.15, 0.2) is 5.69 Å². The van der Waals surface area contributed by atoms with Gasteiger partial charge in [-0.1, -0.05) is 176 Å². The van der Waals surface area contributed by atoms with E-state index in [1.807, 2.05) is 97.9 Å². The van der Waals surface area contributed by atoms with Crippen molar-refractivity contribution >= 4 is 49.3 Å². The van der Waals surface area contributed by atoms with Crippen LogP contribution in [0.1, 0.15) is 11.1 Å². The molecule has 8 nitrogen and oxygen atoms in total. The molecule has 16 rings (SSSR count).